The molecule has 13 heteroatoms. The van der Waals surface area contributed by atoms with Gasteiger partial charge in [0.1, 0.15) is 0 Å². The maximum Gasteiger partial charge on any atom is 0.304 e. The van der Waals surface area contributed by atoms with Gasteiger partial charge in [-0.05, 0) is 62.0 Å². The molecule has 4 bridgehead atoms. The predicted molar refractivity (Wildman–Crippen MR) is 132 cm³/mol. The number of carbonyl (C=O) groups excluding carboxylic acids is 2. The quantitative estimate of drug-likeness (QED) is 0.503. The van der Waals surface area contributed by atoms with Gasteiger partial charge in [0.2, 0.25) is 11.8 Å². The van der Waals surface area contributed by atoms with E-state index in [0.717, 1.165) is 27.9 Å². The van der Waals surface area contributed by atoms with E-state index < -0.39 is 34.2 Å². The van der Waals surface area contributed by atoms with E-state index in [1.807, 2.05) is 0 Å². The molecule has 2 amide bonds. The van der Waals surface area contributed by atoms with Crippen LogP contribution in [-0.4, -0.2) is 61.4 Å². The van der Waals surface area contributed by atoms with Crippen LogP contribution >= 0.6 is 34.8 Å². The first-order chi connectivity index (χ1) is 16.4. The second-order valence-corrected chi connectivity index (χ2v) is 13.5. The summed E-state index contributed by atoms with van der Waals surface area (Å²) in [5, 5.41) is 13.7. The van der Waals surface area contributed by atoms with Gasteiger partial charge >= 0.3 is 10.2 Å². The van der Waals surface area contributed by atoms with E-state index in [1.54, 1.807) is 0 Å². The molecule has 4 aliphatic carbocycles. The molecule has 1 aliphatic heterocycles. The fraction of sp³-hybridized carbons (Fsp3) is 0.636. The molecule has 0 spiro atoms. The molecule has 1 aromatic carbocycles. The number of hydrogen-bond donors (Lipinski definition) is 3. The largest absolute Gasteiger partial charge is 0.390 e. The van der Waals surface area contributed by atoms with E-state index in [1.165, 1.54) is 12.1 Å². The summed E-state index contributed by atoms with van der Waals surface area (Å²) >= 11 is 18.4. The third-order valence-corrected chi connectivity index (χ3v) is 10.7. The Morgan fingerprint density at radius 1 is 1.09 bits per heavy atom. The highest BCUT2D eigenvalue weighted by Crippen LogP contribution is 2.59. The molecule has 1 aromatic rings. The molecule has 5 fully saturated rings. The van der Waals surface area contributed by atoms with Crippen LogP contribution in [0.1, 0.15) is 32.1 Å². The van der Waals surface area contributed by atoms with Gasteiger partial charge in [0.15, 0.2) is 0 Å². The van der Waals surface area contributed by atoms with Crippen molar-refractivity contribution in [1.82, 2.24) is 9.62 Å². The molecule has 1 heterocycles. The first kappa shape index (κ1) is 25.4. The Kier molecular flexibility index (Phi) is 6.46. The van der Waals surface area contributed by atoms with E-state index in [4.69, 9.17) is 40.5 Å². The minimum absolute atomic E-state index is 0.000297. The molecule has 5 aliphatic rings. The third kappa shape index (κ3) is 4.40. The molecule has 9 nitrogen and oxygen atoms in total. The summed E-state index contributed by atoms with van der Waals surface area (Å²) in [6.45, 7) is -0.955. The number of β-amino-alcohol motifs (C(OH)–C–C–N with tert-alkyl or cyclic N) is 1. The SMILES string of the molecule is NC(=O)C12CC3CC(C1)C(NC(=O)CN1CC(O)CN(c4c(Cl)cc(Cl)cc4Cl)S1(=O)=O)C(C3)C2. The standard InChI is InChI=1S/C22H27Cl3N4O5S/c23-14-3-16(24)20(17(25)4-14)29-9-15(30)8-28(35(29,33)34)10-18(31)27-19-12-1-11-2-13(19)7-22(5-11,6-12)21(26)32/h3-4,11-13,15,19,30H,1-2,5-10H2,(H2,26,32)(H,27,31). The lowest BCUT2D eigenvalue weighted by molar-refractivity contribution is -0.147. The zero-order valence-electron chi connectivity index (χ0n) is 18.8. The van der Waals surface area contributed by atoms with Crippen molar-refractivity contribution < 1.29 is 23.1 Å². The number of halogens is 3. The van der Waals surface area contributed by atoms with Gasteiger partial charge in [-0.25, -0.2) is 0 Å². The zero-order valence-corrected chi connectivity index (χ0v) is 21.9. The molecule has 6 rings (SSSR count). The highest BCUT2D eigenvalue weighted by molar-refractivity contribution is 7.90. The average Bonchev–Trinajstić information content (AvgIpc) is 2.73. The Bertz CT molecular complexity index is 1140. The Labute approximate surface area is 219 Å². The first-order valence-corrected chi connectivity index (χ1v) is 14.1. The minimum Gasteiger partial charge on any atom is -0.390 e. The maximum atomic E-state index is 13.4. The number of rotatable bonds is 5. The summed E-state index contributed by atoms with van der Waals surface area (Å²) in [6, 6.07) is 2.60. The van der Waals surface area contributed by atoms with Gasteiger partial charge in [0.25, 0.3) is 0 Å². The molecule has 3 unspecified atom stereocenters. The lowest BCUT2D eigenvalue weighted by Gasteiger charge is -2.58. The second-order valence-electron chi connectivity index (χ2n) is 10.4. The lowest BCUT2D eigenvalue weighted by atomic mass is 9.47. The topological polar surface area (TPSA) is 133 Å². The molecule has 0 radical (unpaired) electrons. The summed E-state index contributed by atoms with van der Waals surface area (Å²) in [5.74, 6) is 0.0123. The van der Waals surface area contributed by atoms with Crippen LogP contribution in [0.3, 0.4) is 0 Å². The van der Waals surface area contributed by atoms with E-state index in [-0.39, 0.29) is 57.6 Å². The fourth-order valence-electron chi connectivity index (χ4n) is 6.89. The van der Waals surface area contributed by atoms with Crippen LogP contribution in [0.5, 0.6) is 0 Å². The monoisotopic (exact) mass is 564 g/mol. The summed E-state index contributed by atoms with van der Waals surface area (Å²) < 4.78 is 28.6. The maximum absolute atomic E-state index is 13.4. The van der Waals surface area contributed by atoms with E-state index in [0.29, 0.717) is 18.8 Å². The van der Waals surface area contributed by atoms with Gasteiger partial charge in [-0.15, -0.1) is 0 Å². The zero-order chi connectivity index (χ0) is 25.3. The number of aliphatic hydroxyl groups is 1. The van der Waals surface area contributed by atoms with Crippen molar-refractivity contribution in [3.8, 4) is 0 Å². The lowest BCUT2D eigenvalue weighted by Crippen LogP contribution is -2.63. The van der Waals surface area contributed by atoms with E-state index in [2.05, 4.69) is 5.32 Å². The van der Waals surface area contributed by atoms with Gasteiger partial charge in [-0.1, -0.05) is 34.8 Å². The summed E-state index contributed by atoms with van der Waals surface area (Å²) in [4.78, 5) is 25.2. The van der Waals surface area contributed by atoms with Crippen molar-refractivity contribution in [2.45, 2.75) is 44.2 Å². The molecule has 0 aromatic heterocycles. The Hall–Kier alpha value is -1.30. The van der Waals surface area contributed by atoms with Gasteiger partial charge in [0.05, 0.1) is 34.9 Å². The molecule has 3 atom stereocenters. The van der Waals surface area contributed by atoms with Crippen LogP contribution in [0.4, 0.5) is 5.69 Å². The van der Waals surface area contributed by atoms with Gasteiger partial charge in [-0.3, -0.25) is 13.9 Å². The van der Waals surface area contributed by atoms with Crippen molar-refractivity contribution in [1.29, 1.82) is 0 Å². The number of nitrogens with two attached hydrogens (primary N) is 1. The van der Waals surface area contributed by atoms with E-state index in [9.17, 15) is 23.1 Å². The fourth-order valence-corrected chi connectivity index (χ4v) is 9.72. The third-order valence-electron chi connectivity index (χ3n) is 8.07. The highest BCUT2D eigenvalue weighted by atomic mass is 35.5. The highest BCUT2D eigenvalue weighted by Gasteiger charge is 2.58. The predicted octanol–water partition coefficient (Wildman–Crippen LogP) is 2.17. The van der Waals surface area contributed by atoms with Crippen molar-refractivity contribution in [2.75, 3.05) is 23.9 Å². The van der Waals surface area contributed by atoms with Crippen LogP contribution in [0.25, 0.3) is 0 Å². The van der Waals surface area contributed by atoms with Crippen LogP contribution in [0.15, 0.2) is 12.1 Å². The van der Waals surface area contributed by atoms with Crippen molar-refractivity contribution in [2.24, 2.45) is 28.9 Å². The van der Waals surface area contributed by atoms with E-state index >= 15 is 0 Å². The first-order valence-electron chi connectivity index (χ1n) is 11.6. The van der Waals surface area contributed by atoms with Crippen LogP contribution in [-0.2, 0) is 19.8 Å². The molecule has 4 N–H and O–H groups in total. The molecular weight excluding hydrogens is 539 g/mol. The second kappa shape index (κ2) is 8.92. The molecule has 192 valence electrons. The van der Waals surface area contributed by atoms with Gasteiger partial charge < -0.3 is 16.2 Å². The van der Waals surface area contributed by atoms with Gasteiger partial charge in [0, 0.05) is 23.0 Å². The van der Waals surface area contributed by atoms with Crippen LogP contribution in [0.2, 0.25) is 15.1 Å². The Morgan fingerprint density at radius 2 is 1.69 bits per heavy atom. The number of benzene rings is 1. The number of carbonyl (C=O) groups is 2. The van der Waals surface area contributed by atoms with Crippen molar-refractivity contribution >= 4 is 62.5 Å². The summed E-state index contributed by atoms with van der Waals surface area (Å²) in [7, 11) is -4.21. The average molecular weight is 566 g/mol. The number of amides is 2. The number of nitrogens with zero attached hydrogens (tertiary/aromatic N) is 2. The smallest absolute Gasteiger partial charge is 0.304 e. The number of aliphatic hydroxyl groups excluding tert-OH is 1. The number of anilines is 1. The minimum atomic E-state index is -4.21. The molecular formula is C22H27Cl3N4O5S. The van der Waals surface area contributed by atoms with Gasteiger partial charge in [-0.2, -0.15) is 12.7 Å². The molecule has 35 heavy (non-hydrogen) atoms. The molecule has 1 saturated heterocycles. The normalized spacial score (nSPS) is 35.8. The Morgan fingerprint density at radius 3 is 2.26 bits per heavy atom. The Balaban J connectivity index is 1.32. The summed E-state index contributed by atoms with van der Waals surface area (Å²) in [6.07, 6.45) is 2.93. The summed E-state index contributed by atoms with van der Waals surface area (Å²) in [5.41, 5.74) is 5.26. The van der Waals surface area contributed by atoms with Crippen molar-refractivity contribution in [3.63, 3.8) is 0 Å². The van der Waals surface area contributed by atoms with Crippen LogP contribution < -0.4 is 15.4 Å². The van der Waals surface area contributed by atoms with Crippen LogP contribution in [0, 0.1) is 23.2 Å². The number of hydrogen-bond acceptors (Lipinski definition) is 5. The number of primary amides is 1. The number of nitrogens with one attached hydrogen (secondary N) is 1. The molecule has 4 saturated carbocycles. The van der Waals surface area contributed by atoms with Crippen molar-refractivity contribution in [3.05, 3.63) is 27.2 Å².